The van der Waals surface area contributed by atoms with Crippen molar-refractivity contribution in [3.05, 3.63) is 48.6 Å². The third kappa shape index (κ3) is 33.1. The molecule has 0 bridgehead atoms. The van der Waals surface area contributed by atoms with E-state index in [1.165, 1.54) is 51.4 Å². The number of unbranched alkanes of at least 4 members (excludes halogenated alkanes) is 18. The van der Waals surface area contributed by atoms with Gasteiger partial charge in [-0.3, -0.25) is 14.4 Å². The van der Waals surface area contributed by atoms with Gasteiger partial charge < -0.3 is 14.6 Å². The number of aliphatic hydroxyl groups is 1. The van der Waals surface area contributed by atoms with Crippen LogP contribution in [0.5, 0.6) is 0 Å². The molecular formula is C45H78O6. The highest BCUT2D eigenvalue weighted by Crippen LogP contribution is 2.16. The number of esters is 2. The summed E-state index contributed by atoms with van der Waals surface area (Å²) in [4.78, 5) is 38.4. The third-order valence-electron chi connectivity index (χ3n) is 9.07. The third-order valence-corrected chi connectivity index (χ3v) is 9.07. The molecule has 2 atom stereocenters. The van der Waals surface area contributed by atoms with Crippen molar-refractivity contribution in [2.45, 2.75) is 213 Å². The van der Waals surface area contributed by atoms with Crippen molar-refractivity contribution in [2.24, 2.45) is 0 Å². The first-order chi connectivity index (χ1) is 25.0. The highest BCUT2D eigenvalue weighted by atomic mass is 16.6. The van der Waals surface area contributed by atoms with Gasteiger partial charge >= 0.3 is 11.9 Å². The van der Waals surface area contributed by atoms with Gasteiger partial charge in [-0.1, -0.05) is 146 Å². The number of hydrogen-bond acceptors (Lipinski definition) is 6. The Hall–Kier alpha value is -2.47. The van der Waals surface area contributed by atoms with Gasteiger partial charge in [0.15, 0.2) is 18.0 Å². The summed E-state index contributed by atoms with van der Waals surface area (Å²) in [6.45, 7) is 5.95. The topological polar surface area (TPSA) is 89.9 Å². The van der Waals surface area contributed by atoms with Crippen LogP contribution in [0.4, 0.5) is 0 Å². The van der Waals surface area contributed by atoms with Crippen LogP contribution in [0.3, 0.4) is 0 Å². The lowest BCUT2D eigenvalue weighted by molar-refractivity contribution is -0.175. The highest BCUT2D eigenvalue weighted by molar-refractivity contribution is 5.86. The van der Waals surface area contributed by atoms with E-state index in [0.717, 1.165) is 89.9 Å². The Labute approximate surface area is 314 Å². The lowest BCUT2D eigenvalue weighted by atomic mass is 10.0. The molecule has 6 nitrogen and oxygen atoms in total. The summed E-state index contributed by atoms with van der Waals surface area (Å²) in [5, 5.41) is 10.1. The van der Waals surface area contributed by atoms with Crippen LogP contribution >= 0.6 is 0 Å². The quantitative estimate of drug-likeness (QED) is 0.0391. The molecule has 0 aliphatic carbocycles. The minimum Gasteiger partial charge on any atom is -0.455 e. The zero-order valence-electron chi connectivity index (χ0n) is 33.3. The predicted octanol–water partition coefficient (Wildman–Crippen LogP) is 12.6. The maximum atomic E-state index is 13.1. The van der Waals surface area contributed by atoms with Gasteiger partial charge in [-0.2, -0.15) is 0 Å². The summed E-state index contributed by atoms with van der Waals surface area (Å²) in [6, 6.07) is 0. The van der Waals surface area contributed by atoms with E-state index in [0.29, 0.717) is 19.3 Å². The first-order valence-electron chi connectivity index (χ1n) is 21.1. The van der Waals surface area contributed by atoms with E-state index < -0.39 is 30.8 Å². The van der Waals surface area contributed by atoms with Gasteiger partial charge in [-0.25, -0.2) is 0 Å². The Balaban J connectivity index is 4.38. The Morgan fingerprint density at radius 2 is 0.804 bits per heavy atom. The van der Waals surface area contributed by atoms with Gasteiger partial charge in [0.25, 0.3) is 0 Å². The van der Waals surface area contributed by atoms with E-state index in [4.69, 9.17) is 9.47 Å². The molecule has 0 aromatic carbocycles. The SMILES string of the molecule is CCCCC/C=C\C/C=C\CCCCCCCC(=O)OC(CO)C(OC(=O)CCCCCCC/C=C\C/C=C\CCCCC)C(=O)CCCCC. The summed E-state index contributed by atoms with van der Waals surface area (Å²) in [7, 11) is 0. The zero-order chi connectivity index (χ0) is 37.5. The van der Waals surface area contributed by atoms with E-state index in [9.17, 15) is 19.5 Å². The molecule has 0 aromatic rings. The van der Waals surface area contributed by atoms with Crippen LogP contribution in [0, 0.1) is 0 Å². The molecule has 6 heteroatoms. The largest absolute Gasteiger partial charge is 0.455 e. The average molecular weight is 715 g/mol. The minimum absolute atomic E-state index is 0.210. The Morgan fingerprint density at radius 3 is 1.24 bits per heavy atom. The van der Waals surface area contributed by atoms with Crippen molar-refractivity contribution in [1.82, 2.24) is 0 Å². The molecule has 0 radical (unpaired) electrons. The van der Waals surface area contributed by atoms with Gasteiger partial charge in [0.05, 0.1) is 6.61 Å². The van der Waals surface area contributed by atoms with Crippen molar-refractivity contribution in [3.8, 4) is 0 Å². The number of ketones is 1. The lowest BCUT2D eigenvalue weighted by Gasteiger charge is -2.25. The minimum atomic E-state index is -1.26. The Bertz CT molecular complexity index is 933. The molecule has 1 N–H and O–H groups in total. The van der Waals surface area contributed by atoms with Crippen molar-refractivity contribution >= 4 is 17.7 Å². The van der Waals surface area contributed by atoms with Crippen LogP contribution in [-0.2, 0) is 23.9 Å². The second-order valence-corrected chi connectivity index (χ2v) is 14.0. The molecular weight excluding hydrogens is 636 g/mol. The predicted molar refractivity (Wildman–Crippen MR) is 215 cm³/mol. The number of rotatable bonds is 37. The molecule has 0 saturated carbocycles. The monoisotopic (exact) mass is 715 g/mol. The van der Waals surface area contributed by atoms with Crippen LogP contribution < -0.4 is 0 Å². The maximum absolute atomic E-state index is 13.1. The van der Waals surface area contributed by atoms with Crippen LogP contribution in [-0.4, -0.2) is 41.6 Å². The molecule has 2 unspecified atom stereocenters. The second kappa shape index (κ2) is 38.8. The number of carbonyl (C=O) groups is 3. The molecule has 0 aliphatic rings. The number of hydrogen-bond donors (Lipinski definition) is 1. The fourth-order valence-electron chi connectivity index (χ4n) is 5.83. The van der Waals surface area contributed by atoms with E-state index in [2.05, 4.69) is 69.4 Å². The lowest BCUT2D eigenvalue weighted by Crippen LogP contribution is -2.43. The highest BCUT2D eigenvalue weighted by Gasteiger charge is 2.33. The molecule has 0 aliphatic heterocycles. The number of Topliss-reactive ketones (excluding diaryl/α,β-unsaturated/α-hetero) is 1. The van der Waals surface area contributed by atoms with Gasteiger partial charge in [-0.15, -0.1) is 0 Å². The van der Waals surface area contributed by atoms with Gasteiger partial charge in [0.2, 0.25) is 0 Å². The average Bonchev–Trinajstić information content (AvgIpc) is 3.13. The van der Waals surface area contributed by atoms with E-state index >= 15 is 0 Å². The number of allylic oxidation sites excluding steroid dienone is 8. The van der Waals surface area contributed by atoms with Crippen molar-refractivity contribution in [2.75, 3.05) is 6.61 Å². The fourth-order valence-corrected chi connectivity index (χ4v) is 5.83. The Morgan fingerprint density at radius 1 is 0.451 bits per heavy atom. The van der Waals surface area contributed by atoms with Crippen molar-refractivity contribution in [1.29, 1.82) is 0 Å². The fraction of sp³-hybridized carbons (Fsp3) is 0.756. The zero-order valence-corrected chi connectivity index (χ0v) is 33.3. The van der Waals surface area contributed by atoms with Gasteiger partial charge in [-0.05, 0) is 83.5 Å². The van der Waals surface area contributed by atoms with E-state index in [1.54, 1.807) is 0 Å². The smallest absolute Gasteiger partial charge is 0.306 e. The first kappa shape index (κ1) is 48.5. The Kier molecular flexibility index (Phi) is 36.9. The molecule has 0 spiro atoms. The summed E-state index contributed by atoms with van der Waals surface area (Å²) in [5.41, 5.74) is 0. The number of ether oxygens (including phenoxy) is 2. The van der Waals surface area contributed by atoms with Gasteiger partial charge in [0, 0.05) is 19.3 Å². The second-order valence-electron chi connectivity index (χ2n) is 14.0. The van der Waals surface area contributed by atoms with Crippen molar-refractivity contribution < 1.29 is 29.0 Å². The number of aliphatic hydroxyl groups excluding tert-OH is 1. The standard InChI is InChI=1S/C45H78O6/c1-4-7-10-12-14-16-18-20-22-24-26-28-30-32-35-38-43(48)50-42(40-46)45(41(47)37-34-9-6-3)51-44(49)39-36-33-31-29-27-25-23-21-19-17-15-13-11-8-5-2/h14-17,20-23,42,45-46H,4-13,18-19,24-40H2,1-3H3/b16-14-,17-15-,22-20-,23-21-. The summed E-state index contributed by atoms with van der Waals surface area (Å²) in [5.74, 6) is -1.23. The van der Waals surface area contributed by atoms with Crippen LogP contribution in [0.2, 0.25) is 0 Å². The molecule has 0 amide bonds. The number of carbonyl (C=O) groups excluding carboxylic acids is 3. The van der Waals surface area contributed by atoms with E-state index in [-0.39, 0.29) is 25.0 Å². The van der Waals surface area contributed by atoms with Gasteiger partial charge in [0.1, 0.15) is 0 Å². The molecule has 0 saturated heterocycles. The normalized spacial score (nSPS) is 13.2. The first-order valence-corrected chi connectivity index (χ1v) is 21.1. The van der Waals surface area contributed by atoms with Crippen LogP contribution in [0.1, 0.15) is 201 Å². The summed E-state index contributed by atoms with van der Waals surface area (Å²) < 4.78 is 11.1. The van der Waals surface area contributed by atoms with E-state index in [1.807, 2.05) is 0 Å². The molecule has 0 rings (SSSR count). The molecule has 51 heavy (non-hydrogen) atoms. The maximum Gasteiger partial charge on any atom is 0.306 e. The summed E-state index contributed by atoms with van der Waals surface area (Å²) in [6.07, 6.45) is 42.8. The molecule has 0 heterocycles. The summed E-state index contributed by atoms with van der Waals surface area (Å²) >= 11 is 0. The van der Waals surface area contributed by atoms with Crippen LogP contribution in [0.15, 0.2) is 48.6 Å². The van der Waals surface area contributed by atoms with Crippen LogP contribution in [0.25, 0.3) is 0 Å². The molecule has 0 aromatic heterocycles. The molecule has 294 valence electrons. The van der Waals surface area contributed by atoms with Crippen molar-refractivity contribution in [3.63, 3.8) is 0 Å². The molecule has 0 fully saturated rings.